The van der Waals surface area contributed by atoms with Crippen LogP contribution < -0.4 is 14.9 Å². The molecule has 2 aromatic rings. The highest BCUT2D eigenvalue weighted by Crippen LogP contribution is 2.27. The maximum atomic E-state index is 11.4. The number of nitrogens with zero attached hydrogens (tertiary/aromatic N) is 2. The van der Waals surface area contributed by atoms with E-state index >= 15 is 0 Å². The van der Waals surface area contributed by atoms with Crippen molar-refractivity contribution in [3.63, 3.8) is 0 Å². The average molecular weight is 333 g/mol. The van der Waals surface area contributed by atoms with Gasteiger partial charge < -0.3 is 9.47 Å². The number of ether oxygens (including phenoxy) is 2. The van der Waals surface area contributed by atoms with Gasteiger partial charge in [0.25, 0.3) is 0 Å². The highest BCUT2D eigenvalue weighted by Gasteiger charge is 2.10. The second-order valence-corrected chi connectivity index (χ2v) is 5.70. The molecule has 0 bridgehead atoms. The predicted octanol–water partition coefficient (Wildman–Crippen LogP) is 3.51. The Labute approximate surface area is 139 Å². The van der Waals surface area contributed by atoms with Crippen LogP contribution in [0, 0.1) is 6.92 Å². The molecular formula is C16H19N3O3S. The Hall–Kier alpha value is -2.41. The molecule has 122 valence electrons. The third kappa shape index (κ3) is 4.29. The first-order valence-electron chi connectivity index (χ1n) is 7.13. The Morgan fingerprint density at radius 2 is 2.22 bits per heavy atom. The molecule has 23 heavy (non-hydrogen) atoms. The summed E-state index contributed by atoms with van der Waals surface area (Å²) in [6, 6.07) is 5.56. The van der Waals surface area contributed by atoms with Gasteiger partial charge in [-0.2, -0.15) is 5.10 Å². The largest absolute Gasteiger partial charge is 0.493 e. The average Bonchev–Trinajstić information content (AvgIpc) is 2.90. The van der Waals surface area contributed by atoms with Gasteiger partial charge in [0.05, 0.1) is 30.5 Å². The van der Waals surface area contributed by atoms with Crippen LogP contribution in [0.25, 0.3) is 0 Å². The van der Waals surface area contributed by atoms with E-state index in [1.165, 1.54) is 18.3 Å². The number of carbonyl (C=O) groups excluding carboxylic acids is 1. The molecule has 0 aliphatic heterocycles. The quantitative estimate of drug-likeness (QED) is 0.477. The van der Waals surface area contributed by atoms with Crippen molar-refractivity contribution in [2.24, 2.45) is 5.10 Å². The van der Waals surface area contributed by atoms with Gasteiger partial charge in [-0.15, -0.1) is 0 Å². The molecule has 7 heteroatoms. The van der Waals surface area contributed by atoms with Gasteiger partial charge in [0.2, 0.25) is 5.13 Å². The molecule has 0 radical (unpaired) electrons. The summed E-state index contributed by atoms with van der Waals surface area (Å²) in [6.45, 7) is 5.83. The number of benzene rings is 1. The zero-order chi connectivity index (χ0) is 16.8. The SMILES string of the molecule is CCOc1ccc(/C=N\Nc2nc(C)c(C(C)=O)s2)cc1OC. The van der Waals surface area contributed by atoms with E-state index in [0.29, 0.717) is 33.8 Å². The fourth-order valence-corrected chi connectivity index (χ4v) is 2.78. The first-order chi connectivity index (χ1) is 11.0. The van der Waals surface area contributed by atoms with Gasteiger partial charge in [-0.1, -0.05) is 11.3 Å². The van der Waals surface area contributed by atoms with Gasteiger partial charge in [0.1, 0.15) is 0 Å². The zero-order valence-corrected chi connectivity index (χ0v) is 14.4. The van der Waals surface area contributed by atoms with Gasteiger partial charge in [0, 0.05) is 6.92 Å². The van der Waals surface area contributed by atoms with Crippen molar-refractivity contribution < 1.29 is 14.3 Å². The van der Waals surface area contributed by atoms with E-state index in [1.807, 2.05) is 25.1 Å². The highest BCUT2D eigenvalue weighted by molar-refractivity contribution is 7.17. The number of carbonyl (C=O) groups is 1. The summed E-state index contributed by atoms with van der Waals surface area (Å²) in [5.41, 5.74) is 4.41. The number of aryl methyl sites for hydroxylation is 1. The number of thiazole rings is 1. The predicted molar refractivity (Wildman–Crippen MR) is 92.2 cm³/mol. The summed E-state index contributed by atoms with van der Waals surface area (Å²) >= 11 is 1.29. The van der Waals surface area contributed by atoms with Crippen molar-refractivity contribution in [2.75, 3.05) is 19.1 Å². The van der Waals surface area contributed by atoms with Crippen molar-refractivity contribution in [2.45, 2.75) is 20.8 Å². The number of Topliss-reactive ketones (excluding diaryl/α,β-unsaturated/α-hetero) is 1. The monoisotopic (exact) mass is 333 g/mol. The number of nitrogens with one attached hydrogen (secondary N) is 1. The van der Waals surface area contributed by atoms with Gasteiger partial charge in [-0.25, -0.2) is 4.98 Å². The molecule has 0 amide bonds. The van der Waals surface area contributed by atoms with Gasteiger partial charge in [-0.3, -0.25) is 10.2 Å². The first-order valence-corrected chi connectivity index (χ1v) is 7.95. The number of anilines is 1. The highest BCUT2D eigenvalue weighted by atomic mass is 32.1. The minimum Gasteiger partial charge on any atom is -0.493 e. The summed E-state index contributed by atoms with van der Waals surface area (Å²) in [4.78, 5) is 16.3. The minimum absolute atomic E-state index is 0.00767. The molecule has 0 spiro atoms. The van der Waals surface area contributed by atoms with E-state index < -0.39 is 0 Å². The normalized spacial score (nSPS) is 10.8. The lowest BCUT2D eigenvalue weighted by Gasteiger charge is -2.09. The van der Waals surface area contributed by atoms with Crippen LogP contribution in [0.4, 0.5) is 5.13 Å². The van der Waals surface area contributed by atoms with E-state index in [4.69, 9.17) is 9.47 Å². The number of methoxy groups -OCH3 is 1. The molecule has 1 N–H and O–H groups in total. The zero-order valence-electron chi connectivity index (χ0n) is 13.5. The maximum Gasteiger partial charge on any atom is 0.204 e. The fraction of sp³-hybridized carbons (Fsp3) is 0.312. The summed E-state index contributed by atoms with van der Waals surface area (Å²) in [5.74, 6) is 1.36. The summed E-state index contributed by atoms with van der Waals surface area (Å²) < 4.78 is 10.8. The summed E-state index contributed by atoms with van der Waals surface area (Å²) in [6.07, 6.45) is 1.66. The van der Waals surface area contributed by atoms with E-state index in [0.717, 1.165) is 5.56 Å². The Kier molecular flexibility index (Phi) is 5.70. The van der Waals surface area contributed by atoms with Gasteiger partial charge in [0.15, 0.2) is 17.3 Å². The molecule has 0 unspecified atom stereocenters. The molecule has 0 aliphatic rings. The molecule has 0 fully saturated rings. The van der Waals surface area contributed by atoms with Gasteiger partial charge in [-0.05, 0) is 37.6 Å². The standard InChI is InChI=1S/C16H19N3O3S/c1-5-22-13-7-6-12(8-14(13)21-4)9-17-19-16-18-10(2)15(23-16)11(3)20/h6-9H,5H2,1-4H3,(H,18,19)/b17-9-. The molecule has 1 aromatic heterocycles. The molecule has 1 heterocycles. The molecule has 1 aromatic carbocycles. The lowest BCUT2D eigenvalue weighted by atomic mass is 10.2. The van der Waals surface area contributed by atoms with E-state index in [-0.39, 0.29) is 5.78 Å². The first kappa shape index (κ1) is 17.0. The van der Waals surface area contributed by atoms with Crippen LogP contribution in [0.2, 0.25) is 0 Å². The van der Waals surface area contributed by atoms with Crippen LogP contribution in [0.15, 0.2) is 23.3 Å². The molecule has 0 atom stereocenters. The van der Waals surface area contributed by atoms with Crippen molar-refractivity contribution in [1.29, 1.82) is 0 Å². The number of hydrazone groups is 1. The molecular weight excluding hydrogens is 314 g/mol. The van der Waals surface area contributed by atoms with E-state index in [1.54, 1.807) is 20.2 Å². The van der Waals surface area contributed by atoms with Crippen molar-refractivity contribution in [3.8, 4) is 11.5 Å². The maximum absolute atomic E-state index is 11.4. The lowest BCUT2D eigenvalue weighted by molar-refractivity contribution is 0.102. The van der Waals surface area contributed by atoms with Crippen molar-refractivity contribution >= 4 is 28.5 Å². The number of hydrogen-bond acceptors (Lipinski definition) is 7. The second-order valence-electron chi connectivity index (χ2n) is 4.70. The number of hydrogen-bond donors (Lipinski definition) is 1. The Morgan fingerprint density at radius 3 is 2.83 bits per heavy atom. The van der Waals surface area contributed by atoms with Gasteiger partial charge >= 0.3 is 0 Å². The Morgan fingerprint density at radius 1 is 1.43 bits per heavy atom. The number of aromatic nitrogens is 1. The van der Waals surface area contributed by atoms with E-state index in [9.17, 15) is 4.79 Å². The Bertz CT molecular complexity index is 725. The van der Waals surface area contributed by atoms with Crippen LogP contribution >= 0.6 is 11.3 Å². The van der Waals surface area contributed by atoms with Crippen LogP contribution in [0.1, 0.15) is 34.8 Å². The van der Waals surface area contributed by atoms with Crippen LogP contribution in [0.5, 0.6) is 11.5 Å². The van der Waals surface area contributed by atoms with Crippen molar-refractivity contribution in [3.05, 3.63) is 34.3 Å². The second kappa shape index (κ2) is 7.73. The Balaban J connectivity index is 2.08. The summed E-state index contributed by atoms with van der Waals surface area (Å²) in [5, 5.41) is 4.73. The van der Waals surface area contributed by atoms with Crippen molar-refractivity contribution in [1.82, 2.24) is 4.98 Å². The third-order valence-electron chi connectivity index (χ3n) is 2.98. The number of rotatable bonds is 7. The topological polar surface area (TPSA) is 72.8 Å². The summed E-state index contributed by atoms with van der Waals surface area (Å²) in [7, 11) is 1.60. The molecule has 2 rings (SSSR count). The van der Waals surface area contributed by atoms with Crippen LogP contribution in [-0.2, 0) is 0 Å². The van der Waals surface area contributed by atoms with E-state index in [2.05, 4.69) is 15.5 Å². The molecule has 0 saturated carbocycles. The molecule has 0 saturated heterocycles. The van der Waals surface area contributed by atoms with Crippen LogP contribution in [0.3, 0.4) is 0 Å². The lowest BCUT2D eigenvalue weighted by Crippen LogP contribution is -1.96. The molecule has 0 aliphatic carbocycles. The number of ketones is 1. The minimum atomic E-state index is 0.00767. The molecule has 6 nitrogen and oxygen atoms in total. The third-order valence-corrected chi connectivity index (χ3v) is 4.14. The fourth-order valence-electron chi connectivity index (χ4n) is 1.97. The van der Waals surface area contributed by atoms with Crippen LogP contribution in [-0.4, -0.2) is 30.7 Å². The smallest absolute Gasteiger partial charge is 0.204 e.